The number of nitrogens with zero attached hydrogens (tertiary/aromatic N) is 2. The smallest absolute Gasteiger partial charge is 0.351 e. The third kappa shape index (κ3) is 6.28. The van der Waals surface area contributed by atoms with Gasteiger partial charge in [-0.15, -0.1) is 0 Å². The van der Waals surface area contributed by atoms with Gasteiger partial charge in [0.05, 0.1) is 18.9 Å². The molecule has 0 aliphatic carbocycles. The summed E-state index contributed by atoms with van der Waals surface area (Å²) in [6, 6.07) is 7.53. The molecular formula is C21H23ClN2O4S. The molecule has 1 aromatic rings. The summed E-state index contributed by atoms with van der Waals surface area (Å²) >= 11 is 7.45. The van der Waals surface area contributed by atoms with E-state index < -0.39 is 11.9 Å². The van der Waals surface area contributed by atoms with Crippen LogP contribution in [0.25, 0.3) is 0 Å². The maximum Gasteiger partial charge on any atom is 0.351 e. The van der Waals surface area contributed by atoms with Crippen molar-refractivity contribution in [1.82, 2.24) is 0 Å². The van der Waals surface area contributed by atoms with Gasteiger partial charge in [-0.05, 0) is 37.5 Å². The van der Waals surface area contributed by atoms with Crippen LogP contribution in [0.3, 0.4) is 0 Å². The number of rotatable bonds is 10. The fourth-order valence-corrected chi connectivity index (χ4v) is 4.08. The van der Waals surface area contributed by atoms with Crippen LogP contribution in [-0.2, 0) is 19.1 Å². The van der Waals surface area contributed by atoms with Crippen molar-refractivity contribution < 1.29 is 19.1 Å². The summed E-state index contributed by atoms with van der Waals surface area (Å²) in [5.41, 5.74) is 0.920. The molecule has 0 bridgehead atoms. The number of esters is 2. The highest BCUT2D eigenvalue weighted by Crippen LogP contribution is 2.48. The minimum absolute atomic E-state index is 0.0171. The van der Waals surface area contributed by atoms with E-state index in [1.165, 1.54) is 11.8 Å². The summed E-state index contributed by atoms with van der Waals surface area (Å²) in [5, 5.41) is 10.8. The fourth-order valence-electron chi connectivity index (χ4n) is 2.64. The average molecular weight is 435 g/mol. The Bertz CT molecular complexity index is 848. The summed E-state index contributed by atoms with van der Waals surface area (Å²) in [4.78, 5) is 26.4. The Hall–Kier alpha value is -2.43. The third-order valence-corrected chi connectivity index (χ3v) is 5.51. The van der Waals surface area contributed by atoms with E-state index in [0.717, 1.165) is 29.5 Å². The highest BCUT2D eigenvalue weighted by atomic mass is 35.5. The Balaban J connectivity index is 2.04. The number of hydrogen-bond donors (Lipinski definition) is 0. The minimum atomic E-state index is -0.654. The first-order valence-electron chi connectivity index (χ1n) is 9.37. The van der Waals surface area contributed by atoms with E-state index in [1.807, 2.05) is 23.1 Å². The molecule has 0 unspecified atom stereocenters. The van der Waals surface area contributed by atoms with Gasteiger partial charge in [-0.25, -0.2) is 9.59 Å². The quantitative estimate of drug-likeness (QED) is 0.225. The number of unbranched alkanes of at least 4 members (excludes halogenated alkanes) is 2. The number of hydrogen-bond acceptors (Lipinski definition) is 7. The number of thioether (sulfide) groups is 1. The van der Waals surface area contributed by atoms with Crippen LogP contribution in [0.15, 0.2) is 46.4 Å². The van der Waals surface area contributed by atoms with Crippen LogP contribution in [0.2, 0.25) is 5.02 Å². The first-order chi connectivity index (χ1) is 14.0. The Morgan fingerprint density at radius 1 is 1.28 bits per heavy atom. The summed E-state index contributed by atoms with van der Waals surface area (Å²) in [7, 11) is 0. The van der Waals surface area contributed by atoms with Gasteiger partial charge in [0.15, 0.2) is 5.57 Å². The summed E-state index contributed by atoms with van der Waals surface area (Å²) in [6.07, 6.45) is 4.07. The Morgan fingerprint density at radius 2 is 2.00 bits per heavy atom. The van der Waals surface area contributed by atoms with Gasteiger partial charge in [0, 0.05) is 22.5 Å². The second-order valence-electron chi connectivity index (χ2n) is 6.23. The van der Waals surface area contributed by atoms with E-state index in [2.05, 4.69) is 13.5 Å². The largest absolute Gasteiger partial charge is 0.463 e. The molecule has 1 heterocycles. The van der Waals surface area contributed by atoms with E-state index in [9.17, 15) is 14.9 Å². The van der Waals surface area contributed by atoms with Crippen molar-refractivity contribution in [1.29, 1.82) is 5.26 Å². The van der Waals surface area contributed by atoms with Gasteiger partial charge < -0.3 is 14.4 Å². The van der Waals surface area contributed by atoms with Gasteiger partial charge in [0.2, 0.25) is 0 Å². The number of ether oxygens (including phenoxy) is 2. The number of benzene rings is 1. The molecule has 29 heavy (non-hydrogen) atoms. The van der Waals surface area contributed by atoms with Crippen molar-refractivity contribution in [2.75, 3.05) is 24.7 Å². The molecule has 0 atom stereocenters. The van der Waals surface area contributed by atoms with E-state index >= 15 is 0 Å². The van der Waals surface area contributed by atoms with Crippen LogP contribution in [0.1, 0.15) is 32.6 Å². The zero-order valence-corrected chi connectivity index (χ0v) is 17.9. The summed E-state index contributed by atoms with van der Waals surface area (Å²) in [6.45, 7) is 6.46. The molecule has 1 aromatic carbocycles. The lowest BCUT2D eigenvalue weighted by atomic mass is 10.2. The van der Waals surface area contributed by atoms with Crippen LogP contribution in [0.5, 0.6) is 0 Å². The number of halogens is 1. The molecular weight excluding hydrogens is 412 g/mol. The standard InChI is InChI=1S/C21H23ClN2O4S/c1-3-5-10-24-17-9-8-15(22)13-18(17)29-20(24)16(14-23)21(26)28-12-7-6-11-27-19(25)4-2/h4,8-9,13H,2-3,5-7,10-12H2,1H3. The second kappa shape index (κ2) is 11.5. The highest BCUT2D eigenvalue weighted by molar-refractivity contribution is 8.03. The van der Waals surface area contributed by atoms with E-state index in [0.29, 0.717) is 29.4 Å². The first-order valence-corrected chi connectivity index (χ1v) is 10.6. The van der Waals surface area contributed by atoms with E-state index in [1.54, 1.807) is 6.07 Å². The van der Waals surface area contributed by atoms with E-state index in [-0.39, 0.29) is 18.8 Å². The minimum Gasteiger partial charge on any atom is -0.463 e. The predicted molar refractivity (Wildman–Crippen MR) is 114 cm³/mol. The SMILES string of the molecule is C=CC(=O)OCCCCOC(=O)C(C#N)=C1Sc2cc(Cl)ccc2N1CCCC. The molecule has 0 amide bonds. The molecule has 6 nitrogen and oxygen atoms in total. The summed E-state index contributed by atoms with van der Waals surface area (Å²) in [5.74, 6) is -1.14. The number of fused-ring (bicyclic) bond motifs is 1. The lowest BCUT2D eigenvalue weighted by Gasteiger charge is -2.21. The molecule has 1 aliphatic rings. The van der Waals surface area contributed by atoms with Crippen molar-refractivity contribution in [2.24, 2.45) is 0 Å². The number of carbonyl (C=O) groups is 2. The maximum atomic E-state index is 12.5. The molecule has 0 spiro atoms. The van der Waals surface area contributed by atoms with Crippen molar-refractivity contribution in [3.63, 3.8) is 0 Å². The van der Waals surface area contributed by atoms with Crippen molar-refractivity contribution in [2.45, 2.75) is 37.5 Å². The van der Waals surface area contributed by atoms with Crippen LogP contribution >= 0.6 is 23.4 Å². The molecule has 0 fully saturated rings. The molecule has 0 radical (unpaired) electrons. The van der Waals surface area contributed by atoms with Crippen molar-refractivity contribution in [3.05, 3.63) is 46.5 Å². The van der Waals surface area contributed by atoms with E-state index in [4.69, 9.17) is 21.1 Å². The van der Waals surface area contributed by atoms with Gasteiger partial charge in [-0.3, -0.25) is 0 Å². The van der Waals surface area contributed by atoms with Gasteiger partial charge in [0.1, 0.15) is 11.1 Å². The molecule has 2 rings (SSSR count). The molecule has 0 saturated heterocycles. The average Bonchev–Trinajstić information content (AvgIpc) is 3.06. The third-order valence-electron chi connectivity index (χ3n) is 4.11. The highest BCUT2D eigenvalue weighted by Gasteiger charge is 2.31. The molecule has 154 valence electrons. The Kier molecular flexibility index (Phi) is 9.10. The zero-order chi connectivity index (χ0) is 21.2. The molecule has 1 aliphatic heterocycles. The van der Waals surface area contributed by atoms with Crippen LogP contribution in [0, 0.1) is 11.3 Å². The maximum absolute atomic E-state index is 12.5. The van der Waals surface area contributed by atoms with Crippen molar-refractivity contribution in [3.8, 4) is 6.07 Å². The van der Waals surface area contributed by atoms with Crippen LogP contribution in [-0.4, -0.2) is 31.7 Å². The van der Waals surface area contributed by atoms with Gasteiger partial charge >= 0.3 is 11.9 Å². The second-order valence-corrected chi connectivity index (χ2v) is 7.69. The Morgan fingerprint density at radius 3 is 2.66 bits per heavy atom. The van der Waals surface area contributed by atoms with Gasteiger partial charge in [-0.1, -0.05) is 43.3 Å². The normalized spacial score (nSPS) is 14.0. The molecule has 0 saturated carbocycles. The molecule has 0 N–H and O–H groups in total. The molecule has 0 aromatic heterocycles. The first kappa shape index (κ1) is 22.9. The number of nitriles is 1. The Labute approximate surface area is 180 Å². The fraction of sp³-hybridized carbons (Fsp3) is 0.381. The van der Waals surface area contributed by atoms with Crippen LogP contribution in [0.4, 0.5) is 5.69 Å². The topological polar surface area (TPSA) is 79.6 Å². The monoisotopic (exact) mass is 434 g/mol. The predicted octanol–water partition coefficient (Wildman–Crippen LogP) is 4.84. The van der Waals surface area contributed by atoms with Gasteiger partial charge in [-0.2, -0.15) is 5.26 Å². The number of anilines is 1. The zero-order valence-electron chi connectivity index (χ0n) is 16.3. The van der Waals surface area contributed by atoms with Crippen molar-refractivity contribution >= 4 is 41.0 Å². The number of carbonyl (C=O) groups excluding carboxylic acids is 2. The lowest BCUT2D eigenvalue weighted by Crippen LogP contribution is -2.22. The summed E-state index contributed by atoms with van der Waals surface area (Å²) < 4.78 is 10.1. The molecule has 8 heteroatoms. The van der Waals surface area contributed by atoms with Gasteiger partial charge in [0.25, 0.3) is 0 Å². The van der Waals surface area contributed by atoms with Crippen LogP contribution < -0.4 is 4.90 Å². The lowest BCUT2D eigenvalue weighted by molar-refractivity contribution is -0.140.